The lowest BCUT2D eigenvalue weighted by Crippen LogP contribution is -2.02. The first-order chi connectivity index (χ1) is 11.7. The smallest absolute Gasteiger partial charge is 0.337 e. The second kappa shape index (κ2) is 7.14. The van der Waals surface area contributed by atoms with Crippen molar-refractivity contribution in [3.63, 3.8) is 0 Å². The van der Waals surface area contributed by atoms with Gasteiger partial charge in [0.05, 0.1) is 19.2 Å². The molecule has 2 aromatic carbocycles. The number of nitrogens with one attached hydrogen (secondary N) is 1. The first-order valence-electron chi connectivity index (χ1n) is 7.16. The van der Waals surface area contributed by atoms with Crippen molar-refractivity contribution in [3.8, 4) is 11.5 Å². The van der Waals surface area contributed by atoms with E-state index in [4.69, 9.17) is 16.0 Å². The molecule has 0 saturated carbocycles. The fourth-order valence-electron chi connectivity index (χ4n) is 2.08. The van der Waals surface area contributed by atoms with Gasteiger partial charge in [0, 0.05) is 16.3 Å². The summed E-state index contributed by atoms with van der Waals surface area (Å²) in [5, 5.41) is 11.8. The standard InChI is InChI=1S/C17H14ClN3O3/c1-23-17(22)11-5-7-14(8-6-11)19-10-15-20-21-16(24-15)12-3-2-4-13(18)9-12/h2-9,19H,10H2,1H3. The van der Waals surface area contributed by atoms with E-state index in [1.54, 1.807) is 36.4 Å². The third-order valence-corrected chi connectivity index (χ3v) is 3.52. The minimum Gasteiger partial charge on any atom is -0.465 e. The van der Waals surface area contributed by atoms with Gasteiger partial charge in [-0.2, -0.15) is 0 Å². The summed E-state index contributed by atoms with van der Waals surface area (Å²) in [6.45, 7) is 0.366. The molecule has 0 aliphatic carbocycles. The molecule has 0 aliphatic rings. The van der Waals surface area contributed by atoms with Crippen LogP contribution in [0, 0.1) is 0 Å². The molecule has 24 heavy (non-hydrogen) atoms. The van der Waals surface area contributed by atoms with Crippen LogP contribution in [0.2, 0.25) is 5.02 Å². The molecule has 0 amide bonds. The highest BCUT2D eigenvalue weighted by Crippen LogP contribution is 2.21. The van der Waals surface area contributed by atoms with Gasteiger partial charge >= 0.3 is 5.97 Å². The van der Waals surface area contributed by atoms with E-state index < -0.39 is 0 Å². The molecule has 0 aliphatic heterocycles. The van der Waals surface area contributed by atoms with Crippen LogP contribution in [-0.4, -0.2) is 23.3 Å². The molecular formula is C17H14ClN3O3. The minimum absolute atomic E-state index is 0.366. The maximum absolute atomic E-state index is 11.4. The Bertz CT molecular complexity index is 846. The summed E-state index contributed by atoms with van der Waals surface area (Å²) >= 11 is 5.95. The average Bonchev–Trinajstić information content (AvgIpc) is 3.09. The maximum atomic E-state index is 11.4. The third-order valence-electron chi connectivity index (χ3n) is 3.29. The predicted octanol–water partition coefficient (Wildman–Crippen LogP) is 3.79. The highest BCUT2D eigenvalue weighted by Gasteiger charge is 2.09. The van der Waals surface area contributed by atoms with Gasteiger partial charge in [-0.3, -0.25) is 0 Å². The van der Waals surface area contributed by atoms with Crippen molar-refractivity contribution < 1.29 is 13.9 Å². The number of ether oxygens (including phenoxy) is 1. The van der Waals surface area contributed by atoms with Crippen LogP contribution < -0.4 is 5.32 Å². The second-order valence-corrected chi connectivity index (χ2v) is 5.37. The number of hydrogen-bond acceptors (Lipinski definition) is 6. The normalized spacial score (nSPS) is 10.4. The number of nitrogens with zero attached hydrogens (tertiary/aromatic N) is 2. The van der Waals surface area contributed by atoms with Crippen LogP contribution >= 0.6 is 11.6 Å². The van der Waals surface area contributed by atoms with E-state index in [9.17, 15) is 4.79 Å². The zero-order valence-corrected chi connectivity index (χ0v) is 13.6. The third kappa shape index (κ3) is 3.72. The number of carbonyl (C=O) groups excluding carboxylic acids is 1. The summed E-state index contributed by atoms with van der Waals surface area (Å²) in [4.78, 5) is 11.4. The molecule has 3 aromatic rings. The molecule has 122 valence electrons. The van der Waals surface area contributed by atoms with Crippen LogP contribution in [0.5, 0.6) is 0 Å². The van der Waals surface area contributed by atoms with E-state index in [-0.39, 0.29) is 5.97 Å². The summed E-state index contributed by atoms with van der Waals surface area (Å²) in [6, 6.07) is 14.1. The number of esters is 1. The second-order valence-electron chi connectivity index (χ2n) is 4.93. The van der Waals surface area contributed by atoms with Gasteiger partial charge in [-0.05, 0) is 42.5 Å². The molecule has 3 rings (SSSR count). The summed E-state index contributed by atoms with van der Waals surface area (Å²) in [7, 11) is 1.35. The first-order valence-corrected chi connectivity index (χ1v) is 7.54. The lowest BCUT2D eigenvalue weighted by Gasteiger charge is -2.04. The van der Waals surface area contributed by atoms with E-state index >= 15 is 0 Å². The molecule has 7 heteroatoms. The number of carbonyl (C=O) groups is 1. The number of aromatic nitrogens is 2. The number of benzene rings is 2. The average molecular weight is 344 g/mol. The molecule has 1 N–H and O–H groups in total. The Labute approximate surface area is 143 Å². The van der Waals surface area contributed by atoms with Crippen molar-refractivity contribution in [1.29, 1.82) is 0 Å². The largest absolute Gasteiger partial charge is 0.465 e. The van der Waals surface area contributed by atoms with E-state index in [0.29, 0.717) is 28.9 Å². The van der Waals surface area contributed by atoms with Gasteiger partial charge in [0.15, 0.2) is 0 Å². The number of halogens is 1. The van der Waals surface area contributed by atoms with Gasteiger partial charge in [0.1, 0.15) is 0 Å². The number of anilines is 1. The zero-order chi connectivity index (χ0) is 16.9. The van der Waals surface area contributed by atoms with Gasteiger partial charge in [-0.15, -0.1) is 10.2 Å². The van der Waals surface area contributed by atoms with Gasteiger partial charge < -0.3 is 14.5 Å². The molecule has 0 spiro atoms. The molecular weight excluding hydrogens is 330 g/mol. The van der Waals surface area contributed by atoms with Crippen molar-refractivity contribution >= 4 is 23.3 Å². The van der Waals surface area contributed by atoms with E-state index in [2.05, 4.69) is 20.3 Å². The quantitative estimate of drug-likeness (QED) is 0.710. The summed E-state index contributed by atoms with van der Waals surface area (Å²) < 4.78 is 10.3. The Morgan fingerprint density at radius 2 is 2.00 bits per heavy atom. The Morgan fingerprint density at radius 3 is 2.71 bits per heavy atom. The van der Waals surface area contributed by atoms with Crippen molar-refractivity contribution in [3.05, 3.63) is 65.0 Å². The molecule has 6 nitrogen and oxygen atoms in total. The van der Waals surface area contributed by atoms with E-state index in [1.807, 2.05) is 12.1 Å². The van der Waals surface area contributed by atoms with Crippen molar-refractivity contribution in [1.82, 2.24) is 10.2 Å². The van der Waals surface area contributed by atoms with Crippen molar-refractivity contribution in [2.45, 2.75) is 6.54 Å². The van der Waals surface area contributed by atoms with Crippen LogP contribution in [0.3, 0.4) is 0 Å². The Morgan fingerprint density at radius 1 is 1.21 bits per heavy atom. The molecule has 0 saturated heterocycles. The Kier molecular flexibility index (Phi) is 4.77. The van der Waals surface area contributed by atoms with Crippen LogP contribution in [0.1, 0.15) is 16.2 Å². The zero-order valence-electron chi connectivity index (χ0n) is 12.8. The molecule has 1 heterocycles. The van der Waals surface area contributed by atoms with Crippen LogP contribution in [0.15, 0.2) is 52.9 Å². The maximum Gasteiger partial charge on any atom is 0.337 e. The van der Waals surface area contributed by atoms with Gasteiger partial charge in [0.2, 0.25) is 11.8 Å². The lowest BCUT2D eigenvalue weighted by molar-refractivity contribution is 0.0601. The van der Waals surface area contributed by atoms with Crippen LogP contribution in [0.25, 0.3) is 11.5 Å². The van der Waals surface area contributed by atoms with E-state index in [1.165, 1.54) is 7.11 Å². The van der Waals surface area contributed by atoms with Crippen molar-refractivity contribution in [2.24, 2.45) is 0 Å². The Hall–Kier alpha value is -2.86. The lowest BCUT2D eigenvalue weighted by atomic mass is 10.2. The summed E-state index contributed by atoms with van der Waals surface area (Å²) in [5.74, 6) is 0.488. The summed E-state index contributed by atoms with van der Waals surface area (Å²) in [6.07, 6.45) is 0. The number of methoxy groups -OCH3 is 1. The van der Waals surface area contributed by atoms with E-state index in [0.717, 1.165) is 11.3 Å². The molecule has 1 aromatic heterocycles. The predicted molar refractivity (Wildman–Crippen MR) is 89.9 cm³/mol. The monoisotopic (exact) mass is 343 g/mol. The molecule has 0 bridgehead atoms. The fourth-order valence-corrected chi connectivity index (χ4v) is 2.27. The van der Waals surface area contributed by atoms with Crippen molar-refractivity contribution in [2.75, 3.05) is 12.4 Å². The van der Waals surface area contributed by atoms with Crippen LogP contribution in [0.4, 0.5) is 5.69 Å². The fraction of sp³-hybridized carbons (Fsp3) is 0.118. The molecule has 0 radical (unpaired) electrons. The molecule has 0 unspecified atom stereocenters. The van der Waals surface area contributed by atoms with Gasteiger partial charge in [-0.25, -0.2) is 4.79 Å². The SMILES string of the molecule is COC(=O)c1ccc(NCc2nnc(-c3cccc(Cl)c3)o2)cc1. The highest BCUT2D eigenvalue weighted by molar-refractivity contribution is 6.30. The highest BCUT2D eigenvalue weighted by atomic mass is 35.5. The molecule has 0 fully saturated rings. The summed E-state index contributed by atoms with van der Waals surface area (Å²) in [5.41, 5.74) is 2.08. The first kappa shape index (κ1) is 16.0. The topological polar surface area (TPSA) is 77.2 Å². The number of rotatable bonds is 5. The van der Waals surface area contributed by atoms with Gasteiger partial charge in [0.25, 0.3) is 0 Å². The Balaban J connectivity index is 1.64. The van der Waals surface area contributed by atoms with Crippen LogP contribution in [-0.2, 0) is 11.3 Å². The van der Waals surface area contributed by atoms with Gasteiger partial charge in [-0.1, -0.05) is 17.7 Å². The minimum atomic E-state index is -0.371. The molecule has 0 atom stereocenters. The number of hydrogen-bond donors (Lipinski definition) is 1.